The minimum Gasteiger partial charge on any atom is -0.369 e. The lowest BCUT2D eigenvalue weighted by Gasteiger charge is -2.35. The Kier molecular flexibility index (Phi) is 6.15. The molecule has 0 radical (unpaired) electrons. The summed E-state index contributed by atoms with van der Waals surface area (Å²) in [6, 6.07) is 11.1. The second-order valence-corrected chi connectivity index (χ2v) is 7.23. The monoisotopic (exact) mass is 378 g/mol. The quantitative estimate of drug-likeness (QED) is 0.663. The first-order valence-electron chi connectivity index (χ1n) is 9.10. The van der Waals surface area contributed by atoms with Gasteiger partial charge in [-0.2, -0.15) is 0 Å². The van der Waals surface area contributed by atoms with Crippen molar-refractivity contribution in [2.75, 3.05) is 38.1 Å². The van der Waals surface area contributed by atoms with Crippen molar-refractivity contribution in [3.8, 4) is 11.1 Å². The van der Waals surface area contributed by atoms with E-state index in [-0.39, 0.29) is 0 Å². The molecule has 0 N–H and O–H groups in total. The molecule has 0 spiro atoms. The molecule has 140 valence electrons. The Hall–Kier alpha value is -1.65. The molecule has 1 aliphatic heterocycles. The zero-order chi connectivity index (χ0) is 18.7. The fraction of sp³-hybridized carbons (Fsp3) is 0.429. The fourth-order valence-corrected chi connectivity index (χ4v) is 3.75. The lowest BCUT2D eigenvalue weighted by molar-refractivity contribution is 0.312. The molecule has 1 heterocycles. The summed E-state index contributed by atoms with van der Waals surface area (Å²) < 4.78 is 28.1. The van der Waals surface area contributed by atoms with E-state index in [4.69, 9.17) is 11.6 Å². The van der Waals surface area contributed by atoms with Gasteiger partial charge in [-0.3, -0.25) is 0 Å². The minimum atomic E-state index is -1.13. The lowest BCUT2D eigenvalue weighted by Crippen LogP contribution is -2.44. The molecule has 1 aliphatic rings. The average Bonchev–Trinajstić information content (AvgIpc) is 2.68. The molecular weight excluding hydrogens is 354 g/mol. The molecule has 2 aromatic rings. The van der Waals surface area contributed by atoms with Crippen LogP contribution in [0.2, 0.25) is 5.02 Å². The van der Waals surface area contributed by atoms with Gasteiger partial charge >= 0.3 is 0 Å². The fourth-order valence-electron chi connectivity index (χ4n) is 3.42. The van der Waals surface area contributed by atoms with Gasteiger partial charge < -0.3 is 9.80 Å². The third-order valence-electron chi connectivity index (χ3n) is 5.10. The van der Waals surface area contributed by atoms with Crippen LogP contribution in [0.4, 0.5) is 14.5 Å². The van der Waals surface area contributed by atoms with E-state index >= 15 is 0 Å². The number of hydrogen-bond donors (Lipinski definition) is 0. The molecule has 2 nitrogen and oxygen atoms in total. The van der Waals surface area contributed by atoms with E-state index in [1.807, 2.05) is 30.3 Å². The van der Waals surface area contributed by atoms with Gasteiger partial charge in [0.25, 0.3) is 0 Å². The van der Waals surface area contributed by atoms with Gasteiger partial charge in [0, 0.05) is 43.0 Å². The Bertz CT molecular complexity index is 758. The highest BCUT2D eigenvalue weighted by Gasteiger charge is 2.22. The van der Waals surface area contributed by atoms with Gasteiger partial charge in [0.1, 0.15) is 12.8 Å². The van der Waals surface area contributed by atoms with Crippen molar-refractivity contribution in [2.24, 2.45) is 0 Å². The Morgan fingerprint density at radius 1 is 1.08 bits per heavy atom. The van der Waals surface area contributed by atoms with E-state index in [2.05, 4.69) is 16.8 Å². The molecule has 5 heteroatoms. The molecular formula is C21H25ClF2N2. The van der Waals surface area contributed by atoms with Gasteiger partial charge in [-0.15, -0.1) is 0 Å². The van der Waals surface area contributed by atoms with Crippen molar-refractivity contribution in [1.82, 2.24) is 4.90 Å². The summed E-state index contributed by atoms with van der Waals surface area (Å²) in [4.78, 5) is 4.53. The van der Waals surface area contributed by atoms with E-state index in [1.54, 1.807) is 13.0 Å². The van der Waals surface area contributed by atoms with Crippen molar-refractivity contribution in [3.05, 3.63) is 52.5 Å². The summed E-state index contributed by atoms with van der Waals surface area (Å²) >= 11 is 6.59. The second-order valence-electron chi connectivity index (χ2n) is 6.85. The van der Waals surface area contributed by atoms with E-state index in [0.29, 0.717) is 28.1 Å². The highest BCUT2D eigenvalue weighted by atomic mass is 35.5. The second kappa shape index (κ2) is 8.36. The first kappa shape index (κ1) is 19.1. The molecule has 0 amide bonds. The van der Waals surface area contributed by atoms with Crippen molar-refractivity contribution in [2.45, 2.75) is 26.2 Å². The highest BCUT2D eigenvalue weighted by molar-refractivity contribution is 6.34. The number of halogens is 3. The van der Waals surface area contributed by atoms with Crippen LogP contribution in [0.5, 0.6) is 0 Å². The number of anilines is 1. The molecule has 2 aromatic carbocycles. The summed E-state index contributed by atoms with van der Waals surface area (Å²) in [6.45, 7) is 4.91. The van der Waals surface area contributed by atoms with Crippen LogP contribution in [-0.4, -0.2) is 38.1 Å². The number of benzene rings is 2. The summed E-state index contributed by atoms with van der Waals surface area (Å²) in [5.74, 6) is 0. The summed E-state index contributed by atoms with van der Waals surface area (Å²) in [5.41, 5.74) is 3.47. The van der Waals surface area contributed by atoms with Gasteiger partial charge in [-0.05, 0) is 36.7 Å². The van der Waals surface area contributed by atoms with Gasteiger partial charge in [-0.1, -0.05) is 42.8 Å². The predicted octanol–water partition coefficient (Wildman–Crippen LogP) is 5.65. The number of piperazine rings is 1. The molecule has 0 bridgehead atoms. The first-order valence-corrected chi connectivity index (χ1v) is 9.48. The zero-order valence-electron chi connectivity index (χ0n) is 15.3. The highest BCUT2D eigenvalue weighted by Crippen LogP contribution is 2.41. The molecule has 1 atom stereocenters. The van der Waals surface area contributed by atoms with E-state index in [9.17, 15) is 8.78 Å². The SMILES string of the molecule is CC[C@H](F)c1cc(N2CCN(C)CC2)cc(-c2ccccc2CF)c1Cl. The van der Waals surface area contributed by atoms with Crippen LogP contribution in [0.25, 0.3) is 11.1 Å². The molecule has 0 aromatic heterocycles. The third-order valence-corrected chi connectivity index (χ3v) is 5.52. The molecule has 0 aliphatic carbocycles. The van der Waals surface area contributed by atoms with Gasteiger partial charge in [0.2, 0.25) is 0 Å². The van der Waals surface area contributed by atoms with Crippen LogP contribution in [0.3, 0.4) is 0 Å². The molecule has 26 heavy (non-hydrogen) atoms. The largest absolute Gasteiger partial charge is 0.369 e. The lowest BCUT2D eigenvalue weighted by atomic mass is 9.95. The van der Waals surface area contributed by atoms with E-state index in [1.165, 1.54) is 0 Å². The van der Waals surface area contributed by atoms with Crippen LogP contribution >= 0.6 is 11.6 Å². The average molecular weight is 379 g/mol. The number of alkyl halides is 2. The van der Waals surface area contributed by atoms with Crippen molar-refractivity contribution in [3.63, 3.8) is 0 Å². The predicted molar refractivity (Wildman–Crippen MR) is 106 cm³/mol. The topological polar surface area (TPSA) is 6.48 Å². The smallest absolute Gasteiger partial charge is 0.126 e. The van der Waals surface area contributed by atoms with Gasteiger partial charge in [-0.25, -0.2) is 8.78 Å². The van der Waals surface area contributed by atoms with Gasteiger partial charge in [0.05, 0.1) is 5.02 Å². The van der Waals surface area contributed by atoms with Crippen LogP contribution in [0, 0.1) is 0 Å². The first-order chi connectivity index (χ1) is 12.5. The summed E-state index contributed by atoms with van der Waals surface area (Å²) in [6.07, 6.45) is -0.776. The summed E-state index contributed by atoms with van der Waals surface area (Å²) in [5, 5.41) is 0.387. The van der Waals surface area contributed by atoms with E-state index < -0.39 is 12.8 Å². The van der Waals surface area contributed by atoms with Crippen molar-refractivity contribution >= 4 is 17.3 Å². The molecule has 1 fully saturated rings. The van der Waals surface area contributed by atoms with Crippen molar-refractivity contribution < 1.29 is 8.78 Å². The molecule has 0 unspecified atom stereocenters. The number of rotatable bonds is 5. The third kappa shape index (κ3) is 3.86. The minimum absolute atomic E-state index is 0.357. The number of nitrogens with zero attached hydrogens (tertiary/aromatic N) is 2. The standard InChI is InChI=1S/C21H25ClF2N2/c1-3-20(24)19-13-16(26-10-8-25(2)9-11-26)12-18(21(19)22)17-7-5-4-6-15(17)14-23/h4-7,12-13,20H,3,8-11,14H2,1-2H3/t20-/m0/s1. The molecule has 3 rings (SSSR count). The Morgan fingerprint density at radius 2 is 1.77 bits per heavy atom. The zero-order valence-corrected chi connectivity index (χ0v) is 16.1. The van der Waals surface area contributed by atoms with Crippen molar-refractivity contribution in [1.29, 1.82) is 0 Å². The summed E-state index contributed by atoms with van der Waals surface area (Å²) in [7, 11) is 2.10. The Labute approximate surface area is 159 Å². The molecule has 1 saturated heterocycles. The van der Waals surface area contributed by atoms with Crippen LogP contribution < -0.4 is 4.90 Å². The Balaban J connectivity index is 2.12. The van der Waals surface area contributed by atoms with Crippen LogP contribution in [0.1, 0.15) is 30.6 Å². The normalized spacial score (nSPS) is 16.7. The van der Waals surface area contributed by atoms with Crippen LogP contribution in [0.15, 0.2) is 36.4 Å². The van der Waals surface area contributed by atoms with E-state index in [0.717, 1.165) is 37.4 Å². The number of hydrogen-bond acceptors (Lipinski definition) is 2. The maximum absolute atomic E-state index is 14.6. The maximum Gasteiger partial charge on any atom is 0.126 e. The number of likely N-dealkylation sites (N-methyl/N-ethyl adjacent to an activating group) is 1. The van der Waals surface area contributed by atoms with Gasteiger partial charge in [0.15, 0.2) is 0 Å². The van der Waals surface area contributed by atoms with Crippen LogP contribution in [-0.2, 0) is 6.67 Å². The Morgan fingerprint density at radius 3 is 2.42 bits per heavy atom. The maximum atomic E-state index is 14.6. The molecule has 0 saturated carbocycles.